The maximum atomic E-state index is 11.6. The summed E-state index contributed by atoms with van der Waals surface area (Å²) in [5.74, 6) is 0.801. The second-order valence-electron chi connectivity index (χ2n) is 4.59. The molecule has 1 aromatic heterocycles. The molecule has 0 aliphatic heterocycles. The molecular weight excluding hydrogens is 244 g/mol. The van der Waals surface area contributed by atoms with Crippen molar-refractivity contribution in [3.05, 3.63) is 34.5 Å². The van der Waals surface area contributed by atoms with E-state index in [2.05, 4.69) is 22.8 Å². The highest BCUT2D eigenvalue weighted by Gasteiger charge is 2.09. The van der Waals surface area contributed by atoms with Gasteiger partial charge in [0, 0.05) is 13.1 Å². The van der Waals surface area contributed by atoms with Crippen molar-refractivity contribution in [3.63, 3.8) is 0 Å². The smallest absolute Gasteiger partial charge is 0.261 e. The Morgan fingerprint density at radius 3 is 3.06 bits per heavy atom. The molecule has 18 heavy (non-hydrogen) atoms. The first kappa shape index (κ1) is 13.3. The van der Waals surface area contributed by atoms with Crippen LogP contribution in [0.3, 0.4) is 0 Å². The zero-order valence-electron chi connectivity index (χ0n) is 10.5. The Morgan fingerprint density at radius 1 is 1.39 bits per heavy atom. The van der Waals surface area contributed by atoms with E-state index in [-0.39, 0.29) is 5.91 Å². The number of thiophene rings is 1. The number of rotatable bonds is 6. The zero-order valence-corrected chi connectivity index (χ0v) is 11.3. The molecule has 0 fully saturated rings. The fourth-order valence-electron chi connectivity index (χ4n) is 2.11. The van der Waals surface area contributed by atoms with Crippen LogP contribution >= 0.6 is 11.3 Å². The monoisotopic (exact) mass is 264 g/mol. The number of amides is 1. The number of hydrogen-bond acceptors (Lipinski definition) is 3. The Bertz CT molecular complexity index is 387. The predicted octanol–water partition coefficient (Wildman–Crippen LogP) is 2.42. The molecule has 98 valence electrons. The van der Waals surface area contributed by atoms with Gasteiger partial charge >= 0.3 is 0 Å². The van der Waals surface area contributed by atoms with Crippen molar-refractivity contribution in [2.24, 2.45) is 5.92 Å². The van der Waals surface area contributed by atoms with E-state index >= 15 is 0 Å². The fraction of sp³-hybridized carbons (Fsp3) is 0.500. The highest BCUT2D eigenvalue weighted by atomic mass is 32.1. The maximum Gasteiger partial charge on any atom is 0.261 e. The molecule has 1 aromatic rings. The van der Waals surface area contributed by atoms with E-state index in [0.29, 0.717) is 6.54 Å². The first-order valence-corrected chi connectivity index (χ1v) is 7.41. The molecule has 0 saturated carbocycles. The summed E-state index contributed by atoms with van der Waals surface area (Å²) in [6, 6.07) is 3.75. The van der Waals surface area contributed by atoms with Crippen LogP contribution in [-0.4, -0.2) is 25.5 Å². The summed E-state index contributed by atoms with van der Waals surface area (Å²) in [5.41, 5.74) is 0. The van der Waals surface area contributed by atoms with E-state index in [4.69, 9.17) is 0 Å². The first-order chi connectivity index (χ1) is 8.86. The molecule has 0 saturated heterocycles. The molecule has 4 heteroatoms. The topological polar surface area (TPSA) is 41.1 Å². The van der Waals surface area contributed by atoms with Crippen LogP contribution in [-0.2, 0) is 0 Å². The summed E-state index contributed by atoms with van der Waals surface area (Å²) in [6.07, 6.45) is 8.22. The lowest BCUT2D eigenvalue weighted by atomic mass is 9.94. The molecule has 1 aliphatic carbocycles. The summed E-state index contributed by atoms with van der Waals surface area (Å²) < 4.78 is 0. The summed E-state index contributed by atoms with van der Waals surface area (Å²) >= 11 is 1.48. The minimum absolute atomic E-state index is 0.0346. The molecule has 1 unspecified atom stereocenters. The Hall–Kier alpha value is -1.13. The number of carbonyl (C=O) groups is 1. The van der Waals surface area contributed by atoms with E-state index in [1.165, 1.54) is 30.6 Å². The molecule has 0 bridgehead atoms. The van der Waals surface area contributed by atoms with Gasteiger partial charge in [0.25, 0.3) is 5.91 Å². The number of hydrogen-bond donors (Lipinski definition) is 2. The molecule has 2 N–H and O–H groups in total. The molecule has 1 atom stereocenters. The van der Waals surface area contributed by atoms with Crippen LogP contribution in [0.25, 0.3) is 0 Å². The van der Waals surface area contributed by atoms with Gasteiger partial charge in [-0.1, -0.05) is 18.2 Å². The lowest BCUT2D eigenvalue weighted by molar-refractivity contribution is 0.0958. The van der Waals surface area contributed by atoms with E-state index in [9.17, 15) is 4.79 Å². The Balaban J connectivity index is 1.53. The minimum atomic E-state index is 0.0346. The average molecular weight is 264 g/mol. The second kappa shape index (κ2) is 7.34. The van der Waals surface area contributed by atoms with Gasteiger partial charge in [0.2, 0.25) is 0 Å². The molecule has 1 aliphatic rings. The van der Waals surface area contributed by atoms with Crippen molar-refractivity contribution < 1.29 is 4.79 Å². The molecule has 3 nitrogen and oxygen atoms in total. The van der Waals surface area contributed by atoms with Crippen molar-refractivity contribution in [2.75, 3.05) is 19.6 Å². The Morgan fingerprint density at radius 2 is 2.33 bits per heavy atom. The quantitative estimate of drug-likeness (QED) is 0.612. The average Bonchev–Trinajstić information content (AvgIpc) is 2.93. The Labute approximate surface area is 112 Å². The van der Waals surface area contributed by atoms with Crippen LogP contribution in [0.5, 0.6) is 0 Å². The van der Waals surface area contributed by atoms with Gasteiger partial charge in [0.1, 0.15) is 0 Å². The van der Waals surface area contributed by atoms with Gasteiger partial charge in [-0.2, -0.15) is 0 Å². The molecule has 0 radical (unpaired) electrons. The van der Waals surface area contributed by atoms with Gasteiger partial charge in [-0.3, -0.25) is 4.79 Å². The maximum absolute atomic E-state index is 11.6. The van der Waals surface area contributed by atoms with E-state index in [0.717, 1.165) is 23.9 Å². The molecular formula is C14H20N2OS. The van der Waals surface area contributed by atoms with Gasteiger partial charge in [-0.15, -0.1) is 11.3 Å². The second-order valence-corrected chi connectivity index (χ2v) is 5.54. The van der Waals surface area contributed by atoms with Gasteiger partial charge < -0.3 is 10.6 Å². The SMILES string of the molecule is O=C(NCCNCC1CC=CCC1)c1cccs1. The van der Waals surface area contributed by atoms with Gasteiger partial charge in [0.05, 0.1) is 4.88 Å². The molecule has 0 spiro atoms. The number of nitrogens with one attached hydrogen (secondary N) is 2. The third-order valence-electron chi connectivity index (χ3n) is 3.14. The van der Waals surface area contributed by atoms with Crippen LogP contribution in [0.15, 0.2) is 29.7 Å². The van der Waals surface area contributed by atoms with Crippen LogP contribution < -0.4 is 10.6 Å². The van der Waals surface area contributed by atoms with Crippen LogP contribution in [0.4, 0.5) is 0 Å². The predicted molar refractivity (Wildman–Crippen MR) is 76.0 cm³/mol. The molecule has 1 heterocycles. The summed E-state index contributed by atoms with van der Waals surface area (Å²) in [6.45, 7) is 2.59. The summed E-state index contributed by atoms with van der Waals surface area (Å²) in [7, 11) is 0. The lowest BCUT2D eigenvalue weighted by Crippen LogP contribution is -2.33. The number of carbonyl (C=O) groups excluding carboxylic acids is 1. The lowest BCUT2D eigenvalue weighted by Gasteiger charge is -2.18. The zero-order chi connectivity index (χ0) is 12.6. The van der Waals surface area contributed by atoms with Crippen molar-refractivity contribution in [1.29, 1.82) is 0 Å². The highest BCUT2D eigenvalue weighted by molar-refractivity contribution is 7.12. The van der Waals surface area contributed by atoms with Crippen LogP contribution in [0.1, 0.15) is 28.9 Å². The minimum Gasteiger partial charge on any atom is -0.350 e. The fourth-order valence-corrected chi connectivity index (χ4v) is 2.75. The van der Waals surface area contributed by atoms with Crippen molar-refractivity contribution in [1.82, 2.24) is 10.6 Å². The van der Waals surface area contributed by atoms with Gasteiger partial charge in [-0.05, 0) is 43.2 Å². The van der Waals surface area contributed by atoms with E-state index in [1.807, 2.05) is 17.5 Å². The Kier molecular flexibility index (Phi) is 5.42. The molecule has 0 aromatic carbocycles. The van der Waals surface area contributed by atoms with Gasteiger partial charge in [-0.25, -0.2) is 0 Å². The third-order valence-corrected chi connectivity index (χ3v) is 4.01. The first-order valence-electron chi connectivity index (χ1n) is 6.53. The van der Waals surface area contributed by atoms with Gasteiger partial charge in [0.15, 0.2) is 0 Å². The van der Waals surface area contributed by atoms with Crippen LogP contribution in [0.2, 0.25) is 0 Å². The summed E-state index contributed by atoms with van der Waals surface area (Å²) in [4.78, 5) is 12.4. The van der Waals surface area contributed by atoms with Crippen molar-refractivity contribution in [3.8, 4) is 0 Å². The highest BCUT2D eigenvalue weighted by Crippen LogP contribution is 2.16. The van der Waals surface area contributed by atoms with E-state index in [1.54, 1.807) is 0 Å². The third kappa shape index (κ3) is 4.27. The molecule has 2 rings (SSSR count). The standard InChI is InChI=1S/C14H20N2OS/c17-14(13-7-4-10-18-13)16-9-8-15-11-12-5-2-1-3-6-12/h1-2,4,7,10,12,15H,3,5-6,8-9,11H2,(H,16,17). The van der Waals surface area contributed by atoms with Crippen LogP contribution in [0, 0.1) is 5.92 Å². The normalized spacial score (nSPS) is 18.8. The van der Waals surface area contributed by atoms with E-state index < -0.39 is 0 Å². The van der Waals surface area contributed by atoms with Crippen molar-refractivity contribution in [2.45, 2.75) is 19.3 Å². The largest absolute Gasteiger partial charge is 0.350 e. The number of allylic oxidation sites excluding steroid dienone is 2. The summed E-state index contributed by atoms with van der Waals surface area (Å²) in [5, 5.41) is 8.25. The van der Waals surface area contributed by atoms with Crippen molar-refractivity contribution >= 4 is 17.2 Å². The molecule has 1 amide bonds.